The molecule has 0 aliphatic carbocycles. The monoisotopic (exact) mass is 290 g/mol. The quantitative estimate of drug-likeness (QED) is 0.813. The van der Waals surface area contributed by atoms with Crippen LogP contribution in [0.1, 0.15) is 18.9 Å². The van der Waals surface area contributed by atoms with E-state index in [9.17, 15) is 12.8 Å². The molecule has 100 valence electrons. The van der Waals surface area contributed by atoms with Crippen molar-refractivity contribution in [1.82, 2.24) is 0 Å². The molecule has 0 radical (unpaired) electrons. The summed E-state index contributed by atoms with van der Waals surface area (Å²) in [6.07, 6.45) is 0.263. The molecule has 0 bridgehead atoms. The summed E-state index contributed by atoms with van der Waals surface area (Å²) in [5.74, 6) is -0.512. The Hall–Kier alpha value is -1.21. The van der Waals surface area contributed by atoms with Gasteiger partial charge in [-0.15, -0.1) is 0 Å². The Morgan fingerprint density at radius 1 is 1.56 bits per heavy atom. The number of hydrogen-bond donors (Lipinski definition) is 2. The first-order chi connectivity index (χ1) is 8.27. The van der Waals surface area contributed by atoms with Crippen LogP contribution in [-0.2, 0) is 10.0 Å². The van der Waals surface area contributed by atoms with Crippen LogP contribution in [0.2, 0.25) is 0 Å². The first-order valence-electron chi connectivity index (χ1n) is 5.35. The Balaban J connectivity index is 3.09. The molecule has 1 aromatic carbocycles. The number of halogens is 1. The lowest BCUT2D eigenvalue weighted by atomic mass is 10.2. The third-order valence-corrected chi connectivity index (χ3v) is 4.79. The average molecular weight is 290 g/mol. The molecule has 0 aliphatic rings. The average Bonchev–Trinajstić information content (AvgIpc) is 2.22. The van der Waals surface area contributed by atoms with E-state index >= 15 is 0 Å². The molecule has 0 saturated carbocycles. The van der Waals surface area contributed by atoms with Crippen LogP contribution in [0.25, 0.3) is 0 Å². The molecule has 0 spiro atoms. The molecule has 0 amide bonds. The molecule has 1 aromatic rings. The van der Waals surface area contributed by atoms with E-state index in [1.807, 2.05) is 0 Å². The highest BCUT2D eigenvalue weighted by atomic mass is 32.2. The molecule has 0 saturated heterocycles. The van der Waals surface area contributed by atoms with E-state index in [0.717, 1.165) is 6.07 Å². The van der Waals surface area contributed by atoms with Crippen molar-refractivity contribution in [3.8, 4) is 0 Å². The van der Waals surface area contributed by atoms with Crippen LogP contribution in [0.3, 0.4) is 0 Å². The van der Waals surface area contributed by atoms with E-state index in [4.69, 9.17) is 18.0 Å². The second kappa shape index (κ2) is 5.62. The number of anilines is 1. The van der Waals surface area contributed by atoms with Gasteiger partial charge in [-0.2, -0.15) is 0 Å². The van der Waals surface area contributed by atoms with Crippen LogP contribution in [-0.4, -0.2) is 18.7 Å². The first-order valence-corrected chi connectivity index (χ1v) is 7.30. The summed E-state index contributed by atoms with van der Waals surface area (Å²) in [5, 5.41) is -0.963. The highest BCUT2D eigenvalue weighted by molar-refractivity contribution is 7.95. The van der Waals surface area contributed by atoms with E-state index < -0.39 is 21.1 Å². The SMILES string of the molecule is CCC(C(N)=S)S(=O)(=O)Nc1cc(F)ccc1C. The van der Waals surface area contributed by atoms with Gasteiger partial charge in [0.2, 0.25) is 10.0 Å². The molecule has 18 heavy (non-hydrogen) atoms. The second-order valence-corrected chi connectivity index (χ2v) is 6.24. The molecule has 0 heterocycles. The van der Waals surface area contributed by atoms with E-state index in [-0.39, 0.29) is 17.1 Å². The molecule has 7 heteroatoms. The van der Waals surface area contributed by atoms with Crippen molar-refractivity contribution in [2.45, 2.75) is 25.5 Å². The summed E-state index contributed by atoms with van der Waals surface area (Å²) in [7, 11) is -3.75. The lowest BCUT2D eigenvalue weighted by Gasteiger charge is -2.17. The molecule has 0 fully saturated rings. The van der Waals surface area contributed by atoms with E-state index in [1.54, 1.807) is 13.8 Å². The van der Waals surface area contributed by atoms with Gasteiger partial charge in [-0.25, -0.2) is 12.8 Å². The Bertz CT molecular complexity index is 558. The zero-order valence-electron chi connectivity index (χ0n) is 10.1. The third kappa shape index (κ3) is 3.39. The summed E-state index contributed by atoms with van der Waals surface area (Å²) < 4.78 is 39.5. The minimum Gasteiger partial charge on any atom is -0.392 e. The van der Waals surface area contributed by atoms with Crippen LogP contribution < -0.4 is 10.5 Å². The van der Waals surface area contributed by atoms with Crippen molar-refractivity contribution in [2.24, 2.45) is 5.73 Å². The number of nitrogens with one attached hydrogen (secondary N) is 1. The molecular formula is C11H15FN2O2S2. The van der Waals surface area contributed by atoms with Crippen molar-refractivity contribution in [1.29, 1.82) is 0 Å². The number of nitrogens with two attached hydrogens (primary N) is 1. The first kappa shape index (κ1) is 14.8. The fraction of sp³-hybridized carbons (Fsp3) is 0.364. The van der Waals surface area contributed by atoms with E-state index in [2.05, 4.69) is 4.72 Å². The van der Waals surface area contributed by atoms with Gasteiger partial charge in [-0.05, 0) is 31.0 Å². The Labute approximate surface area is 111 Å². The van der Waals surface area contributed by atoms with Crippen molar-refractivity contribution < 1.29 is 12.8 Å². The molecule has 3 N–H and O–H groups in total. The molecule has 4 nitrogen and oxygen atoms in total. The molecule has 1 atom stereocenters. The van der Waals surface area contributed by atoms with Gasteiger partial charge in [0.25, 0.3) is 0 Å². The van der Waals surface area contributed by atoms with Gasteiger partial charge in [0.05, 0.1) is 10.7 Å². The fourth-order valence-corrected chi connectivity index (χ4v) is 3.46. The minimum absolute atomic E-state index is 0.0981. The molecule has 0 aliphatic heterocycles. The Morgan fingerprint density at radius 2 is 2.17 bits per heavy atom. The van der Waals surface area contributed by atoms with Gasteiger partial charge < -0.3 is 5.73 Å². The number of thiocarbonyl (C=S) groups is 1. The topological polar surface area (TPSA) is 72.2 Å². The van der Waals surface area contributed by atoms with Crippen molar-refractivity contribution >= 4 is 32.9 Å². The summed E-state index contributed by atoms with van der Waals surface area (Å²) in [4.78, 5) is -0.0981. The van der Waals surface area contributed by atoms with Crippen molar-refractivity contribution in [2.75, 3.05) is 4.72 Å². The summed E-state index contributed by atoms with van der Waals surface area (Å²) >= 11 is 4.72. The lowest BCUT2D eigenvalue weighted by molar-refractivity contribution is 0.594. The van der Waals surface area contributed by atoms with Crippen LogP contribution in [0.15, 0.2) is 18.2 Å². The standard InChI is InChI=1S/C11H15FN2O2S2/c1-3-10(11(13)17)18(15,16)14-9-6-8(12)5-4-7(9)2/h4-6,10,14H,3H2,1-2H3,(H2,13,17). The maximum atomic E-state index is 13.1. The highest BCUT2D eigenvalue weighted by Gasteiger charge is 2.26. The lowest BCUT2D eigenvalue weighted by Crippen LogP contribution is -2.37. The predicted molar refractivity (Wildman–Crippen MR) is 74.5 cm³/mol. The summed E-state index contributed by atoms with van der Waals surface area (Å²) in [6, 6.07) is 3.88. The zero-order valence-corrected chi connectivity index (χ0v) is 11.7. The molecular weight excluding hydrogens is 275 g/mol. The van der Waals surface area contributed by atoms with Crippen LogP contribution >= 0.6 is 12.2 Å². The maximum absolute atomic E-state index is 13.1. The van der Waals surface area contributed by atoms with Crippen molar-refractivity contribution in [3.05, 3.63) is 29.6 Å². The van der Waals surface area contributed by atoms with Gasteiger partial charge in [0.1, 0.15) is 11.1 Å². The summed E-state index contributed by atoms with van der Waals surface area (Å²) in [5.41, 5.74) is 6.21. The maximum Gasteiger partial charge on any atom is 0.242 e. The Morgan fingerprint density at radius 3 is 2.67 bits per heavy atom. The second-order valence-electron chi connectivity index (χ2n) is 3.91. The number of hydrogen-bond acceptors (Lipinski definition) is 3. The van der Waals surface area contributed by atoms with Gasteiger partial charge >= 0.3 is 0 Å². The van der Waals surface area contributed by atoms with Crippen molar-refractivity contribution in [3.63, 3.8) is 0 Å². The van der Waals surface area contributed by atoms with Gasteiger partial charge in [0, 0.05) is 0 Å². The highest BCUT2D eigenvalue weighted by Crippen LogP contribution is 2.19. The number of benzene rings is 1. The van der Waals surface area contributed by atoms with E-state index in [0.29, 0.717) is 5.56 Å². The molecule has 1 unspecified atom stereocenters. The van der Waals surface area contributed by atoms with Gasteiger partial charge in [-0.1, -0.05) is 25.2 Å². The minimum atomic E-state index is -3.75. The van der Waals surface area contributed by atoms with Crippen LogP contribution in [0, 0.1) is 12.7 Å². The van der Waals surface area contributed by atoms with Crippen LogP contribution in [0.5, 0.6) is 0 Å². The summed E-state index contributed by atoms with van der Waals surface area (Å²) in [6.45, 7) is 3.35. The number of sulfonamides is 1. The third-order valence-electron chi connectivity index (χ3n) is 2.51. The van der Waals surface area contributed by atoms with Gasteiger partial charge in [0.15, 0.2) is 0 Å². The van der Waals surface area contributed by atoms with E-state index in [1.165, 1.54) is 12.1 Å². The zero-order chi connectivity index (χ0) is 13.9. The van der Waals surface area contributed by atoms with Crippen LogP contribution in [0.4, 0.5) is 10.1 Å². The normalized spacial score (nSPS) is 13.1. The van der Waals surface area contributed by atoms with Gasteiger partial charge in [-0.3, -0.25) is 4.72 Å². The largest absolute Gasteiger partial charge is 0.392 e. The number of aryl methyl sites for hydroxylation is 1. The Kier molecular flexibility index (Phi) is 4.64. The molecule has 0 aromatic heterocycles. The fourth-order valence-electron chi connectivity index (χ4n) is 1.50. The molecule has 1 rings (SSSR count). The smallest absolute Gasteiger partial charge is 0.242 e. The predicted octanol–water partition coefficient (Wildman–Crippen LogP) is 1.94. The number of rotatable bonds is 5.